The van der Waals surface area contributed by atoms with E-state index in [0.29, 0.717) is 25.5 Å². The van der Waals surface area contributed by atoms with Crippen LogP contribution in [0, 0.1) is 5.92 Å². The van der Waals surface area contributed by atoms with Crippen LogP contribution in [0.5, 0.6) is 0 Å². The SMILES string of the molecule is O=C(NC1CCCCC1)C1CCCN(C(=O)/C=C(\c2ccccc2)C(F)(F)F)C1. The molecule has 1 N–H and O–H groups in total. The maximum Gasteiger partial charge on any atom is 0.417 e. The summed E-state index contributed by atoms with van der Waals surface area (Å²) in [6, 6.07) is 7.49. The van der Waals surface area contributed by atoms with E-state index in [2.05, 4.69) is 5.32 Å². The van der Waals surface area contributed by atoms with E-state index >= 15 is 0 Å². The van der Waals surface area contributed by atoms with Gasteiger partial charge in [0.1, 0.15) is 0 Å². The molecule has 4 nitrogen and oxygen atoms in total. The molecule has 2 amide bonds. The van der Waals surface area contributed by atoms with Crippen molar-refractivity contribution in [1.82, 2.24) is 10.2 Å². The predicted octanol–water partition coefficient (Wildman–Crippen LogP) is 4.32. The van der Waals surface area contributed by atoms with Crippen molar-refractivity contribution >= 4 is 17.4 Å². The van der Waals surface area contributed by atoms with Gasteiger partial charge in [-0.15, -0.1) is 0 Å². The molecule has 1 atom stereocenters. The summed E-state index contributed by atoms with van der Waals surface area (Å²) in [6.07, 6.45) is 2.61. The molecule has 0 aromatic heterocycles. The van der Waals surface area contributed by atoms with Crippen LogP contribution in [0.3, 0.4) is 0 Å². The Labute approximate surface area is 169 Å². The third-order valence-corrected chi connectivity index (χ3v) is 5.71. The van der Waals surface area contributed by atoms with E-state index in [1.807, 2.05) is 0 Å². The summed E-state index contributed by atoms with van der Waals surface area (Å²) in [5, 5.41) is 3.07. The van der Waals surface area contributed by atoms with Gasteiger partial charge in [0.05, 0.1) is 11.5 Å². The molecule has 0 radical (unpaired) electrons. The Hall–Kier alpha value is -2.31. The number of carbonyl (C=O) groups excluding carboxylic acids is 2. The van der Waals surface area contributed by atoms with Crippen LogP contribution in [0.25, 0.3) is 5.57 Å². The molecule has 2 fully saturated rings. The molecule has 2 aliphatic rings. The third kappa shape index (κ3) is 5.84. The van der Waals surface area contributed by atoms with Crippen molar-refractivity contribution in [2.45, 2.75) is 57.2 Å². The first-order valence-corrected chi connectivity index (χ1v) is 10.3. The van der Waals surface area contributed by atoms with E-state index in [0.717, 1.165) is 25.7 Å². The molecule has 1 saturated carbocycles. The second kappa shape index (κ2) is 9.46. The van der Waals surface area contributed by atoms with Crippen molar-refractivity contribution in [3.8, 4) is 0 Å². The maximum atomic E-state index is 13.5. The largest absolute Gasteiger partial charge is 0.417 e. The van der Waals surface area contributed by atoms with Crippen LogP contribution in [0.15, 0.2) is 36.4 Å². The van der Waals surface area contributed by atoms with Crippen LogP contribution in [0.2, 0.25) is 0 Å². The first-order chi connectivity index (χ1) is 13.8. The highest BCUT2D eigenvalue weighted by Crippen LogP contribution is 2.34. The van der Waals surface area contributed by atoms with Crippen LogP contribution in [-0.4, -0.2) is 42.0 Å². The molecule has 7 heteroatoms. The second-order valence-corrected chi connectivity index (χ2v) is 7.89. The first kappa shape index (κ1) is 21.4. The van der Waals surface area contributed by atoms with Gasteiger partial charge in [0.15, 0.2) is 0 Å². The molecule has 29 heavy (non-hydrogen) atoms. The maximum absolute atomic E-state index is 13.5. The number of carbonyl (C=O) groups is 2. The molecule has 158 valence electrons. The summed E-state index contributed by atoms with van der Waals surface area (Å²) in [6.45, 7) is 0.524. The van der Waals surface area contributed by atoms with Crippen molar-refractivity contribution < 1.29 is 22.8 Å². The summed E-state index contributed by atoms with van der Waals surface area (Å²) in [4.78, 5) is 26.6. The number of likely N-dealkylation sites (tertiary alicyclic amines) is 1. The molecule has 1 unspecified atom stereocenters. The molecule has 1 aromatic carbocycles. The quantitative estimate of drug-likeness (QED) is 0.755. The highest BCUT2D eigenvalue weighted by Gasteiger charge is 2.36. The Morgan fingerprint density at radius 3 is 2.34 bits per heavy atom. The van der Waals surface area contributed by atoms with E-state index < -0.39 is 17.7 Å². The average molecular weight is 408 g/mol. The number of piperidine rings is 1. The van der Waals surface area contributed by atoms with Gasteiger partial charge in [-0.25, -0.2) is 0 Å². The molecule has 3 rings (SSSR count). The molecule has 1 heterocycles. The number of nitrogens with zero attached hydrogens (tertiary/aromatic N) is 1. The van der Waals surface area contributed by atoms with Gasteiger partial charge in [-0.1, -0.05) is 49.6 Å². The Morgan fingerprint density at radius 2 is 1.69 bits per heavy atom. The monoisotopic (exact) mass is 408 g/mol. The second-order valence-electron chi connectivity index (χ2n) is 7.89. The molecule has 0 bridgehead atoms. The lowest BCUT2D eigenvalue weighted by molar-refractivity contribution is -0.132. The van der Waals surface area contributed by atoms with Gasteiger partial charge in [0.25, 0.3) is 0 Å². The molecule has 1 saturated heterocycles. The Bertz CT molecular complexity index is 740. The lowest BCUT2D eigenvalue weighted by Gasteiger charge is -2.33. The summed E-state index contributed by atoms with van der Waals surface area (Å²) in [5.74, 6) is -1.15. The number of rotatable bonds is 4. The molecule has 0 spiro atoms. The highest BCUT2D eigenvalue weighted by atomic mass is 19.4. The molecular weight excluding hydrogens is 381 g/mol. The fourth-order valence-electron chi connectivity index (χ4n) is 4.12. The normalized spacial score (nSPS) is 21.7. The van der Waals surface area contributed by atoms with Gasteiger partial charge >= 0.3 is 6.18 Å². The van der Waals surface area contributed by atoms with E-state index in [1.54, 1.807) is 6.07 Å². The smallest absolute Gasteiger partial charge is 0.353 e. The summed E-state index contributed by atoms with van der Waals surface area (Å²) in [5.41, 5.74) is -1.01. The Morgan fingerprint density at radius 1 is 1.00 bits per heavy atom. The topological polar surface area (TPSA) is 49.4 Å². The average Bonchev–Trinajstić information content (AvgIpc) is 2.72. The van der Waals surface area contributed by atoms with Crippen molar-refractivity contribution in [3.05, 3.63) is 42.0 Å². The van der Waals surface area contributed by atoms with Crippen LogP contribution in [-0.2, 0) is 9.59 Å². The van der Waals surface area contributed by atoms with Crippen LogP contribution >= 0.6 is 0 Å². The number of amides is 2. The molecule has 1 aromatic rings. The van der Waals surface area contributed by atoms with Gasteiger partial charge in [0, 0.05) is 25.2 Å². The number of nitrogens with one attached hydrogen (secondary N) is 1. The number of benzene rings is 1. The van der Waals surface area contributed by atoms with Crippen molar-refractivity contribution in [1.29, 1.82) is 0 Å². The van der Waals surface area contributed by atoms with Crippen molar-refractivity contribution in [3.63, 3.8) is 0 Å². The fraction of sp³-hybridized carbons (Fsp3) is 0.545. The number of halogens is 3. The number of allylic oxidation sites excluding steroid dienone is 1. The number of hydrogen-bond acceptors (Lipinski definition) is 2. The fourth-order valence-corrected chi connectivity index (χ4v) is 4.12. The van der Waals surface area contributed by atoms with E-state index in [4.69, 9.17) is 0 Å². The van der Waals surface area contributed by atoms with Gasteiger partial charge in [-0.3, -0.25) is 9.59 Å². The minimum atomic E-state index is -4.63. The van der Waals surface area contributed by atoms with Gasteiger partial charge < -0.3 is 10.2 Å². The van der Waals surface area contributed by atoms with Gasteiger partial charge in [-0.05, 0) is 31.2 Å². The highest BCUT2D eigenvalue weighted by molar-refractivity contribution is 5.96. The van der Waals surface area contributed by atoms with Crippen LogP contribution in [0.1, 0.15) is 50.5 Å². The summed E-state index contributed by atoms with van der Waals surface area (Å²) >= 11 is 0. The lowest BCUT2D eigenvalue weighted by atomic mass is 9.93. The zero-order valence-electron chi connectivity index (χ0n) is 16.4. The Balaban J connectivity index is 1.67. The molecule has 1 aliphatic carbocycles. The minimum absolute atomic E-state index is 0.0445. The molecule has 1 aliphatic heterocycles. The number of hydrogen-bond donors (Lipinski definition) is 1. The van der Waals surface area contributed by atoms with E-state index in [-0.39, 0.29) is 30.0 Å². The van der Waals surface area contributed by atoms with Crippen molar-refractivity contribution in [2.75, 3.05) is 13.1 Å². The standard InChI is InChI=1S/C22H27F3N2O2/c23-22(24,25)19(16-8-3-1-4-9-16)14-20(28)27-13-7-10-17(15-27)21(29)26-18-11-5-2-6-12-18/h1,3-4,8-9,14,17-18H,2,5-7,10-13,15H2,(H,26,29)/b19-14+. The molecular formula is C22H27F3N2O2. The minimum Gasteiger partial charge on any atom is -0.353 e. The van der Waals surface area contributed by atoms with Crippen LogP contribution < -0.4 is 5.32 Å². The third-order valence-electron chi connectivity index (χ3n) is 5.71. The van der Waals surface area contributed by atoms with Crippen molar-refractivity contribution in [2.24, 2.45) is 5.92 Å². The zero-order valence-corrected chi connectivity index (χ0v) is 16.4. The zero-order chi connectivity index (χ0) is 20.9. The Kier molecular flexibility index (Phi) is 6.98. The summed E-state index contributed by atoms with van der Waals surface area (Å²) < 4.78 is 40.5. The predicted molar refractivity (Wildman–Crippen MR) is 105 cm³/mol. The van der Waals surface area contributed by atoms with E-state index in [9.17, 15) is 22.8 Å². The van der Waals surface area contributed by atoms with Gasteiger partial charge in [0.2, 0.25) is 11.8 Å². The van der Waals surface area contributed by atoms with Gasteiger partial charge in [-0.2, -0.15) is 13.2 Å². The number of alkyl halides is 3. The van der Waals surface area contributed by atoms with Crippen LogP contribution in [0.4, 0.5) is 13.2 Å². The summed E-state index contributed by atoms with van der Waals surface area (Å²) in [7, 11) is 0. The van der Waals surface area contributed by atoms with E-state index in [1.165, 1.54) is 35.6 Å². The lowest BCUT2D eigenvalue weighted by Crippen LogP contribution is -2.47. The first-order valence-electron chi connectivity index (χ1n) is 10.3.